The lowest BCUT2D eigenvalue weighted by Gasteiger charge is -2.06. The minimum atomic E-state index is -0.0952. The molecule has 0 saturated heterocycles. The summed E-state index contributed by atoms with van der Waals surface area (Å²) in [7, 11) is 0. The first-order valence-electron chi connectivity index (χ1n) is 7.17. The van der Waals surface area contributed by atoms with Gasteiger partial charge in [-0.15, -0.1) is 0 Å². The van der Waals surface area contributed by atoms with E-state index in [0.717, 1.165) is 17.7 Å². The topological polar surface area (TPSA) is 57.8 Å². The molecule has 3 rings (SSSR count). The van der Waals surface area contributed by atoms with Gasteiger partial charge in [-0.25, -0.2) is 4.98 Å². The van der Waals surface area contributed by atoms with E-state index in [9.17, 15) is 4.79 Å². The van der Waals surface area contributed by atoms with E-state index in [1.165, 1.54) is 18.4 Å². The summed E-state index contributed by atoms with van der Waals surface area (Å²) in [5, 5.41) is 3.38. The van der Waals surface area contributed by atoms with Crippen molar-refractivity contribution in [3.8, 4) is 11.4 Å². The van der Waals surface area contributed by atoms with Crippen molar-refractivity contribution < 1.29 is 0 Å². The second-order valence-corrected chi connectivity index (χ2v) is 5.29. The highest BCUT2D eigenvalue weighted by atomic mass is 16.1. The number of hydrogen-bond acceptors (Lipinski definition) is 3. The lowest BCUT2D eigenvalue weighted by Crippen LogP contribution is -2.19. The summed E-state index contributed by atoms with van der Waals surface area (Å²) < 4.78 is 0. The van der Waals surface area contributed by atoms with Crippen molar-refractivity contribution >= 4 is 0 Å². The van der Waals surface area contributed by atoms with Crippen LogP contribution in [0.15, 0.2) is 35.1 Å². The minimum Gasteiger partial charge on any atom is -0.308 e. The summed E-state index contributed by atoms with van der Waals surface area (Å²) in [5.74, 6) is 0.646. The lowest BCUT2D eigenvalue weighted by atomic mass is 10.1. The van der Waals surface area contributed by atoms with E-state index in [2.05, 4.69) is 34.3 Å². The van der Waals surface area contributed by atoms with Gasteiger partial charge < -0.3 is 10.3 Å². The molecule has 0 aliphatic heterocycles. The van der Waals surface area contributed by atoms with E-state index in [1.807, 2.05) is 12.1 Å². The van der Waals surface area contributed by atoms with Gasteiger partial charge in [0.1, 0.15) is 5.82 Å². The van der Waals surface area contributed by atoms with Crippen molar-refractivity contribution in [2.45, 2.75) is 38.8 Å². The first kappa shape index (κ1) is 13.1. The van der Waals surface area contributed by atoms with Crippen LogP contribution < -0.4 is 10.9 Å². The molecule has 1 aromatic heterocycles. The van der Waals surface area contributed by atoms with Crippen molar-refractivity contribution in [1.29, 1.82) is 0 Å². The Kier molecular flexibility index (Phi) is 3.65. The molecule has 0 radical (unpaired) electrons. The lowest BCUT2D eigenvalue weighted by molar-refractivity contribution is 0.672. The molecule has 20 heavy (non-hydrogen) atoms. The Balaban J connectivity index is 1.84. The predicted molar refractivity (Wildman–Crippen MR) is 79.5 cm³/mol. The van der Waals surface area contributed by atoms with Gasteiger partial charge in [-0.1, -0.05) is 31.2 Å². The predicted octanol–water partition coefficient (Wildman–Crippen LogP) is 2.25. The molecule has 104 valence electrons. The molecule has 1 aromatic carbocycles. The number of aryl methyl sites for hydroxylation is 1. The zero-order chi connectivity index (χ0) is 13.9. The molecule has 4 nitrogen and oxygen atoms in total. The molecule has 0 bridgehead atoms. The summed E-state index contributed by atoms with van der Waals surface area (Å²) >= 11 is 0. The van der Waals surface area contributed by atoms with Gasteiger partial charge in [0.25, 0.3) is 5.56 Å². The largest absolute Gasteiger partial charge is 0.308 e. The monoisotopic (exact) mass is 269 g/mol. The first-order valence-corrected chi connectivity index (χ1v) is 7.17. The second kappa shape index (κ2) is 5.59. The molecule has 1 aliphatic rings. The molecule has 0 unspecified atom stereocenters. The minimum absolute atomic E-state index is 0.0952. The Bertz CT molecular complexity index is 642. The van der Waals surface area contributed by atoms with E-state index in [-0.39, 0.29) is 5.56 Å². The number of rotatable bonds is 5. The number of hydrogen-bond donors (Lipinski definition) is 2. The number of nitrogens with zero attached hydrogens (tertiary/aromatic N) is 1. The highest BCUT2D eigenvalue weighted by Crippen LogP contribution is 2.19. The maximum atomic E-state index is 11.7. The standard InChI is InChI=1S/C16H19N3O/c1-2-11-3-5-12(6-4-11)16-18-14(9-15(20)19-16)10-17-13-7-8-13/h3-6,9,13,17H,2,7-8,10H2,1H3,(H,18,19,20). The average Bonchev–Trinajstić information content (AvgIpc) is 3.29. The summed E-state index contributed by atoms with van der Waals surface area (Å²) in [6.45, 7) is 2.79. The molecule has 0 spiro atoms. The van der Waals surface area contributed by atoms with Crippen molar-refractivity contribution in [3.05, 3.63) is 51.9 Å². The van der Waals surface area contributed by atoms with Crippen molar-refractivity contribution in [3.63, 3.8) is 0 Å². The van der Waals surface area contributed by atoms with Crippen LogP contribution in [-0.2, 0) is 13.0 Å². The van der Waals surface area contributed by atoms with Crippen molar-refractivity contribution in [2.24, 2.45) is 0 Å². The van der Waals surface area contributed by atoms with Crippen molar-refractivity contribution in [2.75, 3.05) is 0 Å². The normalized spacial score (nSPS) is 14.4. The fourth-order valence-corrected chi connectivity index (χ4v) is 2.17. The zero-order valence-electron chi connectivity index (χ0n) is 11.6. The quantitative estimate of drug-likeness (QED) is 0.875. The maximum absolute atomic E-state index is 11.7. The third-order valence-corrected chi connectivity index (χ3v) is 3.58. The average molecular weight is 269 g/mol. The summed E-state index contributed by atoms with van der Waals surface area (Å²) in [4.78, 5) is 19.1. The number of H-pyrrole nitrogens is 1. The van der Waals surface area contributed by atoms with E-state index >= 15 is 0 Å². The Morgan fingerprint density at radius 2 is 2.05 bits per heavy atom. The Hall–Kier alpha value is -1.94. The molecular formula is C16H19N3O. The molecule has 1 aliphatic carbocycles. The van der Waals surface area contributed by atoms with Gasteiger partial charge in [-0.2, -0.15) is 0 Å². The van der Waals surface area contributed by atoms with Gasteiger partial charge in [-0.05, 0) is 24.8 Å². The first-order chi connectivity index (χ1) is 9.74. The summed E-state index contributed by atoms with van der Waals surface area (Å²) in [5.41, 5.74) is 2.94. The Morgan fingerprint density at radius 1 is 1.30 bits per heavy atom. The number of nitrogens with one attached hydrogen (secondary N) is 2. The maximum Gasteiger partial charge on any atom is 0.251 e. The van der Waals surface area contributed by atoms with Gasteiger partial charge in [0.2, 0.25) is 0 Å². The highest BCUT2D eigenvalue weighted by Gasteiger charge is 2.20. The van der Waals surface area contributed by atoms with Crippen LogP contribution in [0, 0.1) is 0 Å². The zero-order valence-corrected chi connectivity index (χ0v) is 11.6. The SMILES string of the molecule is CCc1ccc(-c2nc(CNC3CC3)cc(=O)[nH]2)cc1. The van der Waals surface area contributed by atoms with E-state index < -0.39 is 0 Å². The van der Waals surface area contributed by atoms with Gasteiger partial charge >= 0.3 is 0 Å². The van der Waals surface area contributed by atoms with Crippen LogP contribution in [0.3, 0.4) is 0 Å². The van der Waals surface area contributed by atoms with Gasteiger partial charge in [0.05, 0.1) is 5.69 Å². The molecule has 0 atom stereocenters. The van der Waals surface area contributed by atoms with Crippen molar-refractivity contribution in [1.82, 2.24) is 15.3 Å². The van der Waals surface area contributed by atoms with Crippen LogP contribution in [0.5, 0.6) is 0 Å². The third-order valence-electron chi connectivity index (χ3n) is 3.58. The number of benzene rings is 1. The highest BCUT2D eigenvalue weighted by molar-refractivity contribution is 5.55. The van der Waals surface area contributed by atoms with Crippen LogP contribution in [-0.4, -0.2) is 16.0 Å². The number of aromatic amines is 1. The fourth-order valence-electron chi connectivity index (χ4n) is 2.17. The van der Waals surface area contributed by atoms with Gasteiger partial charge in [0, 0.05) is 24.2 Å². The Morgan fingerprint density at radius 3 is 2.70 bits per heavy atom. The molecule has 1 heterocycles. The van der Waals surface area contributed by atoms with Crippen LogP contribution >= 0.6 is 0 Å². The second-order valence-electron chi connectivity index (χ2n) is 5.29. The number of aromatic nitrogens is 2. The van der Waals surface area contributed by atoms with Crippen LogP contribution in [0.2, 0.25) is 0 Å². The van der Waals surface area contributed by atoms with Gasteiger partial charge in [0.15, 0.2) is 0 Å². The molecule has 0 amide bonds. The molecule has 2 aromatic rings. The Labute approximate surface area is 118 Å². The third kappa shape index (κ3) is 3.14. The molecule has 1 saturated carbocycles. The molecule has 1 fully saturated rings. The van der Waals surface area contributed by atoms with Crippen LogP contribution in [0.4, 0.5) is 0 Å². The van der Waals surface area contributed by atoms with Crippen LogP contribution in [0.1, 0.15) is 31.0 Å². The fraction of sp³-hybridized carbons (Fsp3) is 0.375. The summed E-state index contributed by atoms with van der Waals surface area (Å²) in [6, 6.07) is 10.3. The molecule has 2 N–H and O–H groups in total. The van der Waals surface area contributed by atoms with E-state index in [1.54, 1.807) is 6.07 Å². The molecule has 4 heteroatoms. The summed E-state index contributed by atoms with van der Waals surface area (Å²) in [6.07, 6.45) is 3.47. The van der Waals surface area contributed by atoms with Gasteiger partial charge in [-0.3, -0.25) is 4.79 Å². The van der Waals surface area contributed by atoms with Crippen LogP contribution in [0.25, 0.3) is 11.4 Å². The molecular weight excluding hydrogens is 250 g/mol. The smallest absolute Gasteiger partial charge is 0.251 e. The van der Waals surface area contributed by atoms with E-state index in [0.29, 0.717) is 18.4 Å². The van der Waals surface area contributed by atoms with E-state index in [4.69, 9.17) is 0 Å².